The van der Waals surface area contributed by atoms with Gasteiger partial charge in [-0.15, -0.1) is 5.10 Å². The number of aryl methyl sites for hydroxylation is 1. The number of nitrogens with zero attached hydrogens (tertiary/aromatic N) is 7. The monoisotopic (exact) mass is 546 g/mol. The van der Waals surface area contributed by atoms with Gasteiger partial charge in [0.15, 0.2) is 5.82 Å². The van der Waals surface area contributed by atoms with Gasteiger partial charge in [-0.25, -0.2) is 14.8 Å². The highest BCUT2D eigenvalue weighted by atomic mass is 35.5. The SMILES string of the molecule is Cn1nc(-c2cc3nc(N4CCC[C@H]4C(F)(F)F)n(C[C@H]4CC[C@H](C)CC4)c3c(-c3cncc(Cl)c3)n2)[nH]1. The Morgan fingerprint density at radius 3 is 2.53 bits per heavy atom. The number of hydrogen-bond donors (Lipinski definition) is 1. The second-order valence-electron chi connectivity index (χ2n) is 10.7. The van der Waals surface area contributed by atoms with Crippen LogP contribution in [0.25, 0.3) is 33.8 Å². The molecule has 1 aliphatic heterocycles. The number of halogens is 4. The number of H-pyrrole nitrogens is 1. The van der Waals surface area contributed by atoms with Crippen LogP contribution in [0.2, 0.25) is 5.02 Å². The minimum atomic E-state index is -4.34. The van der Waals surface area contributed by atoms with Crippen molar-refractivity contribution in [1.29, 1.82) is 0 Å². The van der Waals surface area contributed by atoms with Crippen molar-refractivity contribution in [2.75, 3.05) is 11.4 Å². The van der Waals surface area contributed by atoms with E-state index in [-0.39, 0.29) is 6.42 Å². The molecule has 1 saturated heterocycles. The van der Waals surface area contributed by atoms with Crippen LogP contribution in [0.1, 0.15) is 45.4 Å². The smallest absolute Gasteiger partial charge is 0.330 e. The fourth-order valence-corrected chi connectivity index (χ4v) is 6.11. The molecule has 0 bridgehead atoms. The first kappa shape index (κ1) is 25.2. The zero-order chi connectivity index (χ0) is 26.6. The largest absolute Gasteiger partial charge is 0.408 e. The topological polar surface area (TPSA) is 80.4 Å². The number of fused-ring (bicyclic) bond motifs is 1. The molecule has 1 atom stereocenters. The predicted octanol–water partition coefficient (Wildman–Crippen LogP) is 6.23. The van der Waals surface area contributed by atoms with E-state index in [9.17, 15) is 13.2 Å². The summed E-state index contributed by atoms with van der Waals surface area (Å²) >= 11 is 6.30. The lowest BCUT2D eigenvalue weighted by atomic mass is 9.83. The molecule has 0 spiro atoms. The molecular weight excluding hydrogens is 517 g/mol. The highest BCUT2D eigenvalue weighted by Gasteiger charge is 2.47. The molecule has 0 radical (unpaired) electrons. The molecule has 2 fully saturated rings. The van der Waals surface area contributed by atoms with E-state index >= 15 is 0 Å². The molecule has 8 nitrogen and oxygen atoms in total. The Hall–Kier alpha value is -3.08. The van der Waals surface area contributed by atoms with Gasteiger partial charge >= 0.3 is 6.18 Å². The van der Waals surface area contributed by atoms with Crippen LogP contribution in [0, 0.1) is 11.8 Å². The Morgan fingerprint density at radius 1 is 1.08 bits per heavy atom. The lowest BCUT2D eigenvalue weighted by Crippen LogP contribution is -2.42. The van der Waals surface area contributed by atoms with Gasteiger partial charge in [-0.2, -0.15) is 13.2 Å². The van der Waals surface area contributed by atoms with E-state index in [1.54, 1.807) is 36.4 Å². The van der Waals surface area contributed by atoms with Crippen molar-refractivity contribution in [3.8, 4) is 22.8 Å². The van der Waals surface area contributed by atoms with E-state index in [2.05, 4.69) is 22.1 Å². The Balaban J connectivity index is 1.57. The van der Waals surface area contributed by atoms with Crippen molar-refractivity contribution in [1.82, 2.24) is 34.5 Å². The first-order valence-electron chi connectivity index (χ1n) is 13.1. The fourth-order valence-electron chi connectivity index (χ4n) is 5.93. The highest BCUT2D eigenvalue weighted by molar-refractivity contribution is 6.30. The Kier molecular flexibility index (Phi) is 6.36. The molecule has 2 aliphatic rings. The summed E-state index contributed by atoms with van der Waals surface area (Å²) in [5.41, 5.74) is 3.10. The van der Waals surface area contributed by atoms with Crippen LogP contribution < -0.4 is 4.90 Å². The molecule has 202 valence electrons. The van der Waals surface area contributed by atoms with Crippen LogP contribution in [0.15, 0.2) is 24.5 Å². The van der Waals surface area contributed by atoms with Gasteiger partial charge in [0.1, 0.15) is 11.7 Å². The first-order chi connectivity index (χ1) is 18.2. The lowest BCUT2D eigenvalue weighted by molar-refractivity contribution is -0.146. The van der Waals surface area contributed by atoms with Gasteiger partial charge in [-0.1, -0.05) is 31.4 Å². The van der Waals surface area contributed by atoms with E-state index in [4.69, 9.17) is 21.6 Å². The maximum absolute atomic E-state index is 14.1. The second-order valence-corrected chi connectivity index (χ2v) is 11.2. The van der Waals surface area contributed by atoms with Crippen LogP contribution in [-0.4, -0.2) is 53.3 Å². The molecule has 6 rings (SSSR count). The van der Waals surface area contributed by atoms with Crippen molar-refractivity contribution < 1.29 is 13.2 Å². The van der Waals surface area contributed by atoms with Gasteiger partial charge in [-0.3, -0.25) is 10.1 Å². The molecule has 0 amide bonds. The summed E-state index contributed by atoms with van der Waals surface area (Å²) in [5, 5.41) is 7.87. The maximum atomic E-state index is 14.1. The summed E-state index contributed by atoms with van der Waals surface area (Å²) in [6.07, 6.45) is 3.73. The molecule has 5 heterocycles. The third kappa shape index (κ3) is 4.65. The molecule has 1 aliphatic carbocycles. The highest BCUT2D eigenvalue weighted by Crippen LogP contribution is 2.41. The summed E-state index contributed by atoms with van der Waals surface area (Å²) in [6.45, 7) is 3.16. The molecule has 38 heavy (non-hydrogen) atoms. The van der Waals surface area contributed by atoms with Crippen molar-refractivity contribution in [3.05, 3.63) is 29.5 Å². The Morgan fingerprint density at radius 2 is 1.84 bits per heavy atom. The van der Waals surface area contributed by atoms with Gasteiger partial charge in [-0.05, 0) is 49.7 Å². The van der Waals surface area contributed by atoms with Crippen LogP contribution in [0.4, 0.5) is 19.1 Å². The third-order valence-corrected chi connectivity index (χ3v) is 8.11. The van der Waals surface area contributed by atoms with E-state index in [1.165, 1.54) is 4.90 Å². The van der Waals surface area contributed by atoms with E-state index < -0.39 is 12.2 Å². The van der Waals surface area contributed by atoms with Gasteiger partial charge in [0, 0.05) is 38.1 Å². The lowest BCUT2D eigenvalue weighted by Gasteiger charge is -2.31. The van der Waals surface area contributed by atoms with Crippen molar-refractivity contribution in [2.45, 2.75) is 64.2 Å². The molecule has 1 saturated carbocycles. The van der Waals surface area contributed by atoms with E-state index in [0.29, 0.717) is 76.1 Å². The number of pyridine rings is 2. The number of alkyl halides is 3. The number of aromatic amines is 1. The minimum Gasteiger partial charge on any atom is -0.330 e. The number of rotatable bonds is 5. The number of hydrogen-bond acceptors (Lipinski definition) is 5. The van der Waals surface area contributed by atoms with Gasteiger partial charge in [0.2, 0.25) is 5.95 Å². The molecule has 0 unspecified atom stereocenters. The molecule has 1 N–H and O–H groups in total. The second kappa shape index (κ2) is 9.59. The van der Waals surface area contributed by atoms with Crippen molar-refractivity contribution in [2.24, 2.45) is 18.9 Å². The molecule has 0 aromatic carbocycles. The Labute approximate surface area is 223 Å². The molecule has 12 heteroatoms. The van der Waals surface area contributed by atoms with Gasteiger partial charge in [0.05, 0.1) is 21.7 Å². The van der Waals surface area contributed by atoms with Crippen molar-refractivity contribution >= 4 is 28.6 Å². The standard InChI is InChI=1S/C26H30ClF3N8/c1-15-5-7-16(8-6-15)14-38-23-19(33-25(38)37-9-3-4-21(37)26(28,29)30)11-20(24-34-36(2)35-24)32-22(23)17-10-18(27)13-31-12-17/h10-13,15-16,21H,3-9,14H2,1-2H3,(H,34,35)/t15-,16-,21-/m0/s1. The summed E-state index contributed by atoms with van der Waals surface area (Å²) < 4.78 is 44.3. The zero-order valence-electron chi connectivity index (χ0n) is 21.3. The summed E-state index contributed by atoms with van der Waals surface area (Å²) in [5.74, 6) is 1.95. The third-order valence-electron chi connectivity index (χ3n) is 7.91. The molecular formula is C26H30ClF3N8. The fraction of sp³-hybridized carbons (Fsp3) is 0.538. The predicted molar refractivity (Wildman–Crippen MR) is 140 cm³/mol. The van der Waals surface area contributed by atoms with E-state index in [0.717, 1.165) is 25.7 Å². The average molecular weight is 547 g/mol. The summed E-state index contributed by atoms with van der Waals surface area (Å²) in [4.78, 5) is 17.1. The molecule has 4 aromatic rings. The van der Waals surface area contributed by atoms with Crippen LogP contribution in [-0.2, 0) is 13.6 Å². The van der Waals surface area contributed by atoms with Crippen LogP contribution in [0.5, 0.6) is 0 Å². The summed E-state index contributed by atoms with van der Waals surface area (Å²) in [6, 6.07) is 2.02. The number of nitrogens with one attached hydrogen (secondary N) is 1. The number of imidazole rings is 1. The van der Waals surface area contributed by atoms with Gasteiger partial charge in [0.25, 0.3) is 0 Å². The first-order valence-corrected chi connectivity index (χ1v) is 13.5. The Bertz CT molecular complexity index is 1430. The average Bonchev–Trinajstić information content (AvgIpc) is 3.48. The van der Waals surface area contributed by atoms with Crippen LogP contribution in [0.3, 0.4) is 0 Å². The van der Waals surface area contributed by atoms with Crippen molar-refractivity contribution in [3.63, 3.8) is 0 Å². The van der Waals surface area contributed by atoms with E-state index in [1.807, 2.05) is 4.57 Å². The molecule has 4 aromatic heterocycles. The minimum absolute atomic E-state index is 0.0648. The maximum Gasteiger partial charge on any atom is 0.408 e. The van der Waals surface area contributed by atoms with Crippen LogP contribution >= 0.6 is 11.6 Å². The quantitative estimate of drug-likeness (QED) is 0.321. The number of aromatic nitrogens is 7. The normalized spacial score (nSPS) is 22.6. The zero-order valence-corrected chi connectivity index (χ0v) is 22.1. The summed E-state index contributed by atoms with van der Waals surface area (Å²) in [7, 11) is 1.77. The number of anilines is 1. The van der Waals surface area contributed by atoms with Gasteiger partial charge < -0.3 is 9.47 Å².